The summed E-state index contributed by atoms with van der Waals surface area (Å²) in [6, 6.07) is 14.4. The molecular formula is C20H23NO5. The van der Waals surface area contributed by atoms with Gasteiger partial charge in [0.15, 0.2) is 13.2 Å². The minimum Gasteiger partial charge on any atom is -0.484 e. The van der Waals surface area contributed by atoms with Crippen molar-refractivity contribution in [1.82, 2.24) is 5.32 Å². The molecule has 6 nitrogen and oxygen atoms in total. The van der Waals surface area contributed by atoms with Gasteiger partial charge in [0, 0.05) is 0 Å². The lowest BCUT2D eigenvalue weighted by atomic mass is 10.1. The molecule has 2 aromatic carbocycles. The zero-order valence-electron chi connectivity index (χ0n) is 14.9. The van der Waals surface area contributed by atoms with E-state index in [4.69, 9.17) is 14.6 Å². The van der Waals surface area contributed by atoms with Crippen LogP contribution in [0.5, 0.6) is 11.5 Å². The summed E-state index contributed by atoms with van der Waals surface area (Å²) in [6.45, 7) is 3.49. The normalized spacial score (nSPS) is 11.5. The predicted molar refractivity (Wildman–Crippen MR) is 97.4 cm³/mol. The first-order valence-electron chi connectivity index (χ1n) is 8.43. The number of aryl methyl sites for hydroxylation is 1. The van der Waals surface area contributed by atoms with Crippen LogP contribution in [0, 0.1) is 0 Å². The molecule has 0 fully saturated rings. The Labute approximate surface area is 152 Å². The number of carbonyl (C=O) groups is 2. The fraction of sp³-hybridized carbons (Fsp3) is 0.300. The van der Waals surface area contributed by atoms with Crippen molar-refractivity contribution in [2.75, 3.05) is 13.2 Å². The molecule has 0 aromatic heterocycles. The molecule has 0 bridgehead atoms. The fourth-order valence-corrected chi connectivity index (χ4v) is 2.33. The van der Waals surface area contributed by atoms with Crippen LogP contribution in [0.1, 0.15) is 31.0 Å². The summed E-state index contributed by atoms with van der Waals surface area (Å²) in [5, 5.41) is 11.5. The lowest BCUT2D eigenvalue weighted by Crippen LogP contribution is -2.31. The van der Waals surface area contributed by atoms with Crippen LogP contribution < -0.4 is 14.8 Å². The summed E-state index contributed by atoms with van der Waals surface area (Å²) in [6.07, 6.45) is 0.957. The van der Waals surface area contributed by atoms with E-state index in [1.54, 1.807) is 24.3 Å². The van der Waals surface area contributed by atoms with Gasteiger partial charge in [0.1, 0.15) is 11.5 Å². The van der Waals surface area contributed by atoms with Crippen LogP contribution in [0.2, 0.25) is 0 Å². The number of ether oxygens (including phenoxy) is 2. The van der Waals surface area contributed by atoms with E-state index in [0.717, 1.165) is 12.0 Å². The van der Waals surface area contributed by atoms with Crippen molar-refractivity contribution < 1.29 is 24.2 Å². The standard InChI is InChI=1S/C20H23NO5/c1-3-15-4-8-17(9-5-15)25-12-19(22)21-14(2)16-6-10-18(11-7-16)26-13-20(23)24/h4-11,14H,3,12-13H2,1-2H3,(H,21,22)(H,23,24). The van der Waals surface area contributed by atoms with E-state index in [-0.39, 0.29) is 25.2 Å². The lowest BCUT2D eigenvalue weighted by molar-refractivity contribution is -0.139. The first-order chi connectivity index (χ1) is 12.5. The van der Waals surface area contributed by atoms with Crippen molar-refractivity contribution in [3.8, 4) is 11.5 Å². The van der Waals surface area contributed by atoms with Crippen LogP contribution in [0.25, 0.3) is 0 Å². The van der Waals surface area contributed by atoms with Gasteiger partial charge in [0.05, 0.1) is 6.04 Å². The zero-order valence-corrected chi connectivity index (χ0v) is 14.9. The molecule has 0 aliphatic rings. The van der Waals surface area contributed by atoms with Crippen molar-refractivity contribution in [3.05, 3.63) is 59.7 Å². The van der Waals surface area contributed by atoms with Crippen molar-refractivity contribution in [2.24, 2.45) is 0 Å². The SMILES string of the molecule is CCc1ccc(OCC(=O)NC(C)c2ccc(OCC(=O)O)cc2)cc1. The Hall–Kier alpha value is -3.02. The van der Waals surface area contributed by atoms with Gasteiger partial charge in [0.2, 0.25) is 0 Å². The third kappa shape index (κ3) is 6.12. The van der Waals surface area contributed by atoms with Gasteiger partial charge in [-0.2, -0.15) is 0 Å². The summed E-state index contributed by atoms with van der Waals surface area (Å²) in [7, 11) is 0. The van der Waals surface area contributed by atoms with E-state index in [2.05, 4.69) is 12.2 Å². The molecule has 0 aliphatic heterocycles. The van der Waals surface area contributed by atoms with E-state index < -0.39 is 5.97 Å². The maximum atomic E-state index is 12.0. The molecule has 1 amide bonds. The third-order valence-corrected chi connectivity index (χ3v) is 3.82. The van der Waals surface area contributed by atoms with Gasteiger partial charge in [-0.1, -0.05) is 31.2 Å². The molecule has 0 spiro atoms. The number of amides is 1. The Bertz CT molecular complexity index is 725. The smallest absolute Gasteiger partial charge is 0.341 e. The van der Waals surface area contributed by atoms with Crippen LogP contribution in [0.3, 0.4) is 0 Å². The van der Waals surface area contributed by atoms with Crippen molar-refractivity contribution >= 4 is 11.9 Å². The van der Waals surface area contributed by atoms with Crippen LogP contribution in [0.15, 0.2) is 48.5 Å². The molecule has 2 rings (SSSR count). The third-order valence-electron chi connectivity index (χ3n) is 3.82. The van der Waals surface area contributed by atoms with Crippen LogP contribution in [0.4, 0.5) is 0 Å². The molecule has 6 heteroatoms. The monoisotopic (exact) mass is 357 g/mol. The highest BCUT2D eigenvalue weighted by atomic mass is 16.5. The summed E-state index contributed by atoms with van der Waals surface area (Å²) < 4.78 is 10.6. The van der Waals surface area contributed by atoms with Crippen LogP contribution in [-0.4, -0.2) is 30.2 Å². The highest BCUT2D eigenvalue weighted by Gasteiger charge is 2.10. The first kappa shape index (κ1) is 19.3. The van der Waals surface area contributed by atoms with Crippen LogP contribution >= 0.6 is 0 Å². The molecule has 0 heterocycles. The van der Waals surface area contributed by atoms with Gasteiger partial charge in [-0.15, -0.1) is 0 Å². The molecule has 26 heavy (non-hydrogen) atoms. The Balaban J connectivity index is 1.81. The lowest BCUT2D eigenvalue weighted by Gasteiger charge is -2.15. The molecule has 0 radical (unpaired) electrons. The number of carbonyl (C=O) groups excluding carboxylic acids is 1. The van der Waals surface area contributed by atoms with Crippen molar-refractivity contribution in [2.45, 2.75) is 26.3 Å². The second-order valence-electron chi connectivity index (χ2n) is 5.83. The summed E-state index contributed by atoms with van der Waals surface area (Å²) in [4.78, 5) is 22.5. The van der Waals surface area contributed by atoms with E-state index >= 15 is 0 Å². The minimum absolute atomic E-state index is 0.0599. The molecule has 0 saturated heterocycles. The van der Waals surface area contributed by atoms with Crippen molar-refractivity contribution in [1.29, 1.82) is 0 Å². The summed E-state index contributed by atoms with van der Waals surface area (Å²) in [5.74, 6) is -0.124. The Kier molecular flexibility index (Phi) is 7.02. The van der Waals surface area contributed by atoms with Crippen LogP contribution in [-0.2, 0) is 16.0 Å². The summed E-state index contributed by atoms with van der Waals surface area (Å²) in [5.41, 5.74) is 2.10. The van der Waals surface area contributed by atoms with Gasteiger partial charge in [0.25, 0.3) is 5.91 Å². The fourth-order valence-electron chi connectivity index (χ4n) is 2.33. The number of aliphatic carboxylic acids is 1. The highest BCUT2D eigenvalue weighted by Crippen LogP contribution is 2.18. The quantitative estimate of drug-likeness (QED) is 0.721. The second kappa shape index (κ2) is 9.46. The molecule has 138 valence electrons. The molecule has 1 atom stereocenters. The number of nitrogens with one attached hydrogen (secondary N) is 1. The van der Waals surface area contributed by atoms with E-state index in [1.165, 1.54) is 5.56 Å². The van der Waals surface area contributed by atoms with E-state index in [0.29, 0.717) is 11.5 Å². The molecule has 2 N–H and O–H groups in total. The number of benzene rings is 2. The average Bonchev–Trinajstić information content (AvgIpc) is 2.65. The minimum atomic E-state index is -1.03. The van der Waals surface area contributed by atoms with Gasteiger partial charge in [-0.05, 0) is 48.7 Å². The largest absolute Gasteiger partial charge is 0.484 e. The second-order valence-corrected chi connectivity index (χ2v) is 5.83. The van der Waals surface area contributed by atoms with Crippen molar-refractivity contribution in [3.63, 3.8) is 0 Å². The molecule has 2 aromatic rings. The maximum absolute atomic E-state index is 12.0. The van der Waals surface area contributed by atoms with E-state index in [9.17, 15) is 9.59 Å². The highest BCUT2D eigenvalue weighted by molar-refractivity contribution is 5.78. The predicted octanol–water partition coefficient (Wildman–Crippen LogP) is 2.97. The van der Waals surface area contributed by atoms with Gasteiger partial charge in [-0.25, -0.2) is 4.79 Å². The average molecular weight is 357 g/mol. The topological polar surface area (TPSA) is 84.9 Å². The summed E-state index contributed by atoms with van der Waals surface area (Å²) >= 11 is 0. The zero-order chi connectivity index (χ0) is 18.9. The Morgan fingerprint density at radius 1 is 0.962 bits per heavy atom. The number of carboxylic acid groups (broad SMARTS) is 1. The number of hydrogen-bond donors (Lipinski definition) is 2. The van der Waals surface area contributed by atoms with Gasteiger partial charge in [-0.3, -0.25) is 4.79 Å². The molecule has 1 unspecified atom stereocenters. The first-order valence-corrected chi connectivity index (χ1v) is 8.43. The van der Waals surface area contributed by atoms with Gasteiger partial charge < -0.3 is 19.9 Å². The Morgan fingerprint density at radius 3 is 2.04 bits per heavy atom. The molecule has 0 saturated carbocycles. The molecular weight excluding hydrogens is 334 g/mol. The Morgan fingerprint density at radius 2 is 1.50 bits per heavy atom. The number of hydrogen-bond acceptors (Lipinski definition) is 4. The number of rotatable bonds is 9. The maximum Gasteiger partial charge on any atom is 0.341 e. The number of carboxylic acids is 1. The van der Waals surface area contributed by atoms with Gasteiger partial charge >= 0.3 is 5.97 Å². The van der Waals surface area contributed by atoms with E-state index in [1.807, 2.05) is 31.2 Å². The molecule has 0 aliphatic carbocycles.